The molecule has 2 N–H and O–H groups in total. The van der Waals surface area contributed by atoms with Crippen LogP contribution in [0.5, 0.6) is 0 Å². The molecular formula is C18H18N2O5S. The lowest BCUT2D eigenvalue weighted by Crippen LogP contribution is -2.54. The van der Waals surface area contributed by atoms with Gasteiger partial charge in [0.25, 0.3) is 0 Å². The number of hydrogen-bond donors (Lipinski definition) is 2. The van der Waals surface area contributed by atoms with E-state index in [9.17, 15) is 23.1 Å². The molecule has 1 aliphatic heterocycles. The van der Waals surface area contributed by atoms with E-state index in [-0.39, 0.29) is 16.9 Å². The topological polar surface area (TPSA) is 104 Å². The zero-order chi connectivity index (χ0) is 18.9. The number of aliphatic hydroxyl groups excluding tert-OH is 1. The second-order valence-corrected chi connectivity index (χ2v) is 7.96. The summed E-state index contributed by atoms with van der Waals surface area (Å²) in [6.45, 7) is 0. The Kier molecular flexibility index (Phi) is 4.90. The van der Waals surface area contributed by atoms with E-state index < -0.39 is 34.0 Å². The number of Topliss-reactive ketones (excluding diaryl/α,β-unsaturated/α-hetero) is 1. The summed E-state index contributed by atoms with van der Waals surface area (Å²) in [5.41, 5.74) is 0.768. The number of ketones is 1. The van der Waals surface area contributed by atoms with Gasteiger partial charge in [0, 0.05) is 12.6 Å². The van der Waals surface area contributed by atoms with E-state index >= 15 is 0 Å². The smallest absolute Gasteiger partial charge is 0.243 e. The maximum Gasteiger partial charge on any atom is 0.243 e. The molecule has 136 valence electrons. The fraction of sp³-hybridized carbons (Fsp3) is 0.222. The molecule has 2 aromatic carbocycles. The van der Waals surface area contributed by atoms with Crippen molar-refractivity contribution >= 4 is 21.7 Å². The molecule has 2 atom stereocenters. The van der Waals surface area contributed by atoms with Crippen LogP contribution in [0.1, 0.15) is 15.9 Å². The fourth-order valence-electron chi connectivity index (χ4n) is 2.90. The number of sulfonamides is 1. The van der Waals surface area contributed by atoms with Crippen LogP contribution in [0.15, 0.2) is 59.5 Å². The molecular weight excluding hydrogens is 356 g/mol. The van der Waals surface area contributed by atoms with Crippen molar-refractivity contribution in [2.24, 2.45) is 0 Å². The van der Waals surface area contributed by atoms with Crippen LogP contribution in [0.3, 0.4) is 0 Å². The summed E-state index contributed by atoms with van der Waals surface area (Å²) in [4.78, 5) is 24.9. The zero-order valence-corrected chi connectivity index (χ0v) is 14.8. The highest BCUT2D eigenvalue weighted by Gasteiger charge is 2.40. The third kappa shape index (κ3) is 3.26. The standard InChI is InChI=1S/C18H18N2O5S/c1-20-14(11-13-9-5-6-10-15(13)26(20,24)25)17(22)19-18(23)16(21)12-7-3-2-4-8-12/h2-10,14,18,23H,11H2,1H3,(H,19,22). The Hall–Kier alpha value is -2.55. The first kappa shape index (κ1) is 18.2. The van der Waals surface area contributed by atoms with Gasteiger partial charge in [-0.25, -0.2) is 8.42 Å². The van der Waals surface area contributed by atoms with Crippen molar-refractivity contribution in [1.82, 2.24) is 9.62 Å². The van der Waals surface area contributed by atoms with Gasteiger partial charge < -0.3 is 10.4 Å². The fourth-order valence-corrected chi connectivity index (χ4v) is 4.45. The molecule has 0 saturated carbocycles. The van der Waals surface area contributed by atoms with E-state index in [1.807, 2.05) is 0 Å². The Morgan fingerprint density at radius 2 is 1.73 bits per heavy atom. The first-order chi connectivity index (χ1) is 12.3. The molecule has 1 aliphatic rings. The lowest BCUT2D eigenvalue weighted by molar-refractivity contribution is -0.127. The minimum atomic E-state index is -3.82. The molecule has 7 nitrogen and oxygen atoms in total. The van der Waals surface area contributed by atoms with Crippen molar-refractivity contribution in [2.75, 3.05) is 7.05 Å². The average molecular weight is 374 g/mol. The second kappa shape index (κ2) is 6.99. The molecule has 0 aliphatic carbocycles. The Morgan fingerprint density at radius 1 is 1.12 bits per heavy atom. The van der Waals surface area contributed by atoms with Gasteiger partial charge in [-0.15, -0.1) is 0 Å². The van der Waals surface area contributed by atoms with Gasteiger partial charge in [0.1, 0.15) is 6.04 Å². The highest BCUT2D eigenvalue weighted by atomic mass is 32.2. The maximum absolute atomic E-state index is 12.6. The maximum atomic E-state index is 12.6. The van der Waals surface area contributed by atoms with Gasteiger partial charge in [-0.1, -0.05) is 48.5 Å². The van der Waals surface area contributed by atoms with E-state index in [1.54, 1.807) is 36.4 Å². The van der Waals surface area contributed by atoms with E-state index in [0.29, 0.717) is 5.56 Å². The summed E-state index contributed by atoms with van der Waals surface area (Å²) in [5, 5.41) is 12.2. The number of aliphatic hydroxyl groups is 1. The molecule has 3 rings (SSSR count). The van der Waals surface area contributed by atoms with Gasteiger partial charge in [0.2, 0.25) is 21.7 Å². The second-order valence-electron chi connectivity index (χ2n) is 5.99. The molecule has 0 fully saturated rings. The SMILES string of the molecule is CN1C(C(=O)NC(O)C(=O)c2ccccc2)Cc2ccccc2S1(=O)=O. The number of nitrogens with one attached hydrogen (secondary N) is 1. The summed E-state index contributed by atoms with van der Waals surface area (Å²) in [6.07, 6.45) is -1.59. The van der Waals surface area contributed by atoms with Crippen molar-refractivity contribution in [3.8, 4) is 0 Å². The van der Waals surface area contributed by atoms with Gasteiger partial charge >= 0.3 is 0 Å². The molecule has 0 radical (unpaired) electrons. The molecule has 8 heteroatoms. The van der Waals surface area contributed by atoms with Gasteiger partial charge in [-0.3, -0.25) is 9.59 Å². The van der Waals surface area contributed by atoms with Gasteiger partial charge in [-0.05, 0) is 18.1 Å². The van der Waals surface area contributed by atoms with Gasteiger partial charge in [-0.2, -0.15) is 4.31 Å². The molecule has 1 heterocycles. The number of likely N-dealkylation sites (N-methyl/N-ethyl adjacent to an activating group) is 1. The van der Waals surface area contributed by atoms with Crippen LogP contribution in [-0.4, -0.2) is 48.8 Å². The number of fused-ring (bicyclic) bond motifs is 1. The summed E-state index contributed by atoms with van der Waals surface area (Å²) in [5.74, 6) is -1.40. The number of benzene rings is 2. The van der Waals surface area contributed by atoms with Crippen LogP contribution in [0.25, 0.3) is 0 Å². The minimum absolute atomic E-state index is 0.157. The summed E-state index contributed by atoms with van der Waals surface area (Å²) in [7, 11) is -2.51. The summed E-state index contributed by atoms with van der Waals surface area (Å²) < 4.78 is 26.1. The van der Waals surface area contributed by atoms with Crippen LogP contribution in [0.4, 0.5) is 0 Å². The Morgan fingerprint density at radius 3 is 2.42 bits per heavy atom. The highest BCUT2D eigenvalue weighted by Crippen LogP contribution is 2.28. The van der Waals surface area contributed by atoms with Crippen molar-refractivity contribution < 1.29 is 23.1 Å². The molecule has 0 spiro atoms. The molecule has 2 unspecified atom stereocenters. The van der Waals surface area contributed by atoms with Gasteiger partial charge in [0.05, 0.1) is 4.90 Å². The first-order valence-electron chi connectivity index (χ1n) is 7.96. The van der Waals surface area contributed by atoms with Gasteiger partial charge in [0.15, 0.2) is 6.23 Å². The van der Waals surface area contributed by atoms with Crippen LogP contribution < -0.4 is 5.32 Å². The van der Waals surface area contributed by atoms with Crippen molar-refractivity contribution in [2.45, 2.75) is 23.6 Å². The van der Waals surface area contributed by atoms with Crippen LogP contribution >= 0.6 is 0 Å². The number of carbonyl (C=O) groups is 2. The molecule has 0 saturated heterocycles. The largest absolute Gasteiger partial charge is 0.367 e. The monoisotopic (exact) mass is 374 g/mol. The highest BCUT2D eigenvalue weighted by molar-refractivity contribution is 7.89. The third-order valence-electron chi connectivity index (χ3n) is 4.37. The normalized spacial score (nSPS) is 20.0. The van der Waals surface area contributed by atoms with Crippen LogP contribution in [-0.2, 0) is 21.2 Å². The number of carbonyl (C=O) groups excluding carboxylic acids is 2. The van der Waals surface area contributed by atoms with E-state index in [4.69, 9.17) is 0 Å². The summed E-state index contributed by atoms with van der Waals surface area (Å²) >= 11 is 0. The quantitative estimate of drug-likeness (QED) is 0.601. The Labute approximate surface area is 151 Å². The zero-order valence-electron chi connectivity index (χ0n) is 14.0. The van der Waals surface area contributed by atoms with Crippen molar-refractivity contribution in [3.63, 3.8) is 0 Å². The predicted octanol–water partition coefficient (Wildman–Crippen LogP) is 0.549. The van der Waals surface area contributed by atoms with Crippen molar-refractivity contribution in [1.29, 1.82) is 0 Å². The number of rotatable bonds is 4. The van der Waals surface area contributed by atoms with E-state index in [1.165, 1.54) is 25.2 Å². The molecule has 26 heavy (non-hydrogen) atoms. The summed E-state index contributed by atoms with van der Waals surface area (Å²) in [6, 6.07) is 13.4. The average Bonchev–Trinajstić information content (AvgIpc) is 2.64. The predicted molar refractivity (Wildman–Crippen MR) is 93.8 cm³/mol. The Bertz CT molecular complexity index is 943. The molecule has 1 amide bonds. The lowest BCUT2D eigenvalue weighted by atomic mass is 10.0. The number of amides is 1. The third-order valence-corrected chi connectivity index (χ3v) is 6.34. The molecule has 0 aromatic heterocycles. The number of nitrogens with zero attached hydrogens (tertiary/aromatic N) is 1. The molecule has 2 aromatic rings. The first-order valence-corrected chi connectivity index (χ1v) is 9.40. The molecule has 0 bridgehead atoms. The van der Waals surface area contributed by atoms with Crippen molar-refractivity contribution in [3.05, 3.63) is 65.7 Å². The minimum Gasteiger partial charge on any atom is -0.367 e. The lowest BCUT2D eigenvalue weighted by Gasteiger charge is -2.32. The van der Waals surface area contributed by atoms with E-state index in [2.05, 4.69) is 5.32 Å². The number of hydrogen-bond acceptors (Lipinski definition) is 5. The van der Waals surface area contributed by atoms with E-state index in [0.717, 1.165) is 4.31 Å². The van der Waals surface area contributed by atoms with Crippen LogP contribution in [0.2, 0.25) is 0 Å². The van der Waals surface area contributed by atoms with Crippen LogP contribution in [0, 0.1) is 0 Å². The Balaban J connectivity index is 1.79.